The Labute approximate surface area is 146 Å². The molecule has 3 heterocycles. The summed E-state index contributed by atoms with van der Waals surface area (Å²) in [5, 5.41) is 4.03. The zero-order valence-electron chi connectivity index (χ0n) is 13.5. The molecule has 26 heavy (non-hydrogen) atoms. The summed E-state index contributed by atoms with van der Waals surface area (Å²) in [6.07, 6.45) is -1.72. The van der Waals surface area contributed by atoms with Crippen LogP contribution in [0.1, 0.15) is 30.0 Å². The highest BCUT2D eigenvalue weighted by Crippen LogP contribution is 2.42. The molecule has 1 aliphatic rings. The van der Waals surface area contributed by atoms with Gasteiger partial charge >= 0.3 is 6.18 Å². The Balaban J connectivity index is 1.78. The molecule has 0 bridgehead atoms. The summed E-state index contributed by atoms with van der Waals surface area (Å²) in [7, 11) is 0. The van der Waals surface area contributed by atoms with E-state index in [9.17, 15) is 17.6 Å². The minimum absolute atomic E-state index is 0.0651. The lowest BCUT2D eigenvalue weighted by Gasteiger charge is -2.28. The van der Waals surface area contributed by atoms with Gasteiger partial charge in [-0.1, -0.05) is 0 Å². The maximum Gasteiger partial charge on any atom is 0.416 e. The van der Waals surface area contributed by atoms with Crippen molar-refractivity contribution in [3.63, 3.8) is 0 Å². The normalized spacial score (nSPS) is 18.0. The average molecular weight is 365 g/mol. The maximum atomic E-state index is 13.7. The average Bonchev–Trinajstić information content (AvgIpc) is 3.17. The Hall–Kier alpha value is -2.84. The Morgan fingerprint density at radius 2 is 1.96 bits per heavy atom. The molecular weight excluding hydrogens is 350 g/mol. The molecule has 1 aromatic carbocycles. The molecule has 0 spiro atoms. The number of halogens is 4. The second-order valence-electron chi connectivity index (χ2n) is 6.24. The summed E-state index contributed by atoms with van der Waals surface area (Å²) in [4.78, 5) is 6.21. The van der Waals surface area contributed by atoms with Gasteiger partial charge in [0.15, 0.2) is 5.65 Å². The number of alkyl halides is 3. The lowest BCUT2D eigenvalue weighted by Crippen LogP contribution is -2.26. The predicted octanol–water partition coefficient (Wildman–Crippen LogP) is 3.81. The third kappa shape index (κ3) is 2.83. The number of nitrogens with zero attached hydrogens (tertiary/aromatic N) is 4. The lowest BCUT2D eigenvalue weighted by atomic mass is 9.97. The van der Waals surface area contributed by atoms with Crippen molar-refractivity contribution in [2.75, 3.05) is 17.2 Å². The van der Waals surface area contributed by atoms with Gasteiger partial charge in [0.2, 0.25) is 0 Å². The summed E-state index contributed by atoms with van der Waals surface area (Å²) in [5.74, 6) is 0.126. The molecule has 0 amide bonds. The standard InChI is InChI=1S/C17H15F4N5/c18-10-3-4-12(17(19,20)21)11(8-10)13-2-1-6-25(13)15-5-7-26-16(23-15)9-14(22)24-26/h3-5,7-9,13H,1-2,6H2,(H2,22,24)/t13-/m1/s1. The maximum absolute atomic E-state index is 13.7. The van der Waals surface area contributed by atoms with Crippen molar-refractivity contribution in [1.82, 2.24) is 14.6 Å². The van der Waals surface area contributed by atoms with Gasteiger partial charge in [0.05, 0.1) is 11.6 Å². The number of rotatable bonds is 2. The van der Waals surface area contributed by atoms with Crippen LogP contribution in [-0.2, 0) is 6.18 Å². The Morgan fingerprint density at radius 3 is 2.73 bits per heavy atom. The predicted molar refractivity (Wildman–Crippen MR) is 88.1 cm³/mol. The van der Waals surface area contributed by atoms with E-state index in [0.29, 0.717) is 36.7 Å². The van der Waals surface area contributed by atoms with Crippen molar-refractivity contribution in [3.05, 3.63) is 53.5 Å². The molecule has 0 aliphatic carbocycles. The van der Waals surface area contributed by atoms with Gasteiger partial charge < -0.3 is 10.6 Å². The van der Waals surface area contributed by atoms with Gasteiger partial charge in [-0.3, -0.25) is 0 Å². The Bertz CT molecular complexity index is 965. The van der Waals surface area contributed by atoms with Crippen LogP contribution in [0.25, 0.3) is 5.65 Å². The second-order valence-corrected chi connectivity index (χ2v) is 6.24. The van der Waals surface area contributed by atoms with Gasteiger partial charge in [0, 0.05) is 18.8 Å². The molecular formula is C17H15F4N5. The fourth-order valence-corrected chi connectivity index (χ4v) is 3.48. The molecule has 5 nitrogen and oxygen atoms in total. The van der Waals surface area contributed by atoms with Crippen molar-refractivity contribution in [1.29, 1.82) is 0 Å². The molecule has 136 valence electrons. The summed E-state index contributed by atoms with van der Waals surface area (Å²) < 4.78 is 55.4. The van der Waals surface area contributed by atoms with Gasteiger partial charge in [-0.15, -0.1) is 5.10 Å². The number of fused-ring (bicyclic) bond motifs is 1. The largest absolute Gasteiger partial charge is 0.416 e. The molecule has 1 fully saturated rings. The monoisotopic (exact) mass is 365 g/mol. The van der Waals surface area contributed by atoms with Gasteiger partial charge in [-0.2, -0.15) is 13.2 Å². The zero-order valence-corrected chi connectivity index (χ0v) is 13.5. The molecule has 1 saturated heterocycles. The molecule has 4 rings (SSSR count). The highest BCUT2D eigenvalue weighted by atomic mass is 19.4. The van der Waals surface area contributed by atoms with Crippen LogP contribution in [0.15, 0.2) is 36.5 Å². The Morgan fingerprint density at radius 1 is 1.15 bits per heavy atom. The van der Waals surface area contributed by atoms with Crippen LogP contribution >= 0.6 is 0 Å². The Kier molecular flexibility index (Phi) is 3.74. The third-order valence-electron chi connectivity index (χ3n) is 4.55. The van der Waals surface area contributed by atoms with Crippen molar-refractivity contribution < 1.29 is 17.6 Å². The van der Waals surface area contributed by atoms with Crippen LogP contribution in [0.4, 0.5) is 29.2 Å². The molecule has 9 heteroatoms. The van der Waals surface area contributed by atoms with Crippen LogP contribution in [0.2, 0.25) is 0 Å². The van der Waals surface area contributed by atoms with Crippen molar-refractivity contribution in [2.24, 2.45) is 0 Å². The van der Waals surface area contributed by atoms with E-state index in [4.69, 9.17) is 5.73 Å². The minimum atomic E-state index is -4.55. The molecule has 0 radical (unpaired) electrons. The van der Waals surface area contributed by atoms with Crippen molar-refractivity contribution >= 4 is 17.3 Å². The van der Waals surface area contributed by atoms with E-state index in [2.05, 4.69) is 10.1 Å². The van der Waals surface area contributed by atoms with E-state index in [-0.39, 0.29) is 5.56 Å². The summed E-state index contributed by atoms with van der Waals surface area (Å²) >= 11 is 0. The number of aromatic nitrogens is 3. The number of hydrogen-bond acceptors (Lipinski definition) is 4. The van der Waals surface area contributed by atoms with E-state index in [0.717, 1.165) is 18.2 Å². The van der Waals surface area contributed by atoms with Crippen LogP contribution < -0.4 is 10.6 Å². The number of anilines is 2. The SMILES string of the molecule is Nc1cc2nc(N3CCC[C@@H]3c3cc(F)ccc3C(F)(F)F)ccn2n1. The summed E-state index contributed by atoms with van der Waals surface area (Å²) in [5.41, 5.74) is 5.27. The zero-order chi connectivity index (χ0) is 18.5. The first-order valence-electron chi connectivity index (χ1n) is 8.08. The van der Waals surface area contributed by atoms with Crippen LogP contribution in [-0.4, -0.2) is 21.1 Å². The van der Waals surface area contributed by atoms with Gasteiger partial charge in [0.1, 0.15) is 17.5 Å². The van der Waals surface area contributed by atoms with E-state index >= 15 is 0 Å². The quantitative estimate of drug-likeness (QED) is 0.702. The van der Waals surface area contributed by atoms with E-state index in [1.165, 1.54) is 4.52 Å². The smallest absolute Gasteiger partial charge is 0.382 e. The first kappa shape index (κ1) is 16.6. The molecule has 1 atom stereocenters. The van der Waals surface area contributed by atoms with E-state index in [1.807, 2.05) is 0 Å². The van der Waals surface area contributed by atoms with Crippen molar-refractivity contribution in [3.8, 4) is 0 Å². The minimum Gasteiger partial charge on any atom is -0.382 e. The molecule has 0 unspecified atom stereocenters. The number of nitrogen functional groups attached to an aromatic ring is 1. The van der Waals surface area contributed by atoms with Crippen LogP contribution in [0.3, 0.4) is 0 Å². The third-order valence-corrected chi connectivity index (χ3v) is 4.55. The van der Waals surface area contributed by atoms with E-state index in [1.54, 1.807) is 23.2 Å². The topological polar surface area (TPSA) is 59.5 Å². The first-order valence-corrected chi connectivity index (χ1v) is 8.08. The summed E-state index contributed by atoms with van der Waals surface area (Å²) in [6, 6.07) is 5.27. The highest BCUT2D eigenvalue weighted by Gasteiger charge is 2.38. The van der Waals surface area contributed by atoms with Crippen molar-refractivity contribution in [2.45, 2.75) is 25.1 Å². The molecule has 1 aliphatic heterocycles. The van der Waals surface area contributed by atoms with Gasteiger partial charge in [0.25, 0.3) is 0 Å². The molecule has 2 N–H and O–H groups in total. The lowest BCUT2D eigenvalue weighted by molar-refractivity contribution is -0.138. The first-order chi connectivity index (χ1) is 12.3. The highest BCUT2D eigenvalue weighted by molar-refractivity contribution is 5.54. The second kappa shape index (κ2) is 5.86. The molecule has 3 aromatic rings. The van der Waals surface area contributed by atoms with Crippen LogP contribution in [0.5, 0.6) is 0 Å². The number of benzene rings is 1. The molecule has 0 saturated carbocycles. The van der Waals surface area contributed by atoms with Crippen LogP contribution in [0, 0.1) is 5.82 Å². The van der Waals surface area contributed by atoms with Gasteiger partial charge in [-0.05, 0) is 42.7 Å². The number of hydrogen-bond donors (Lipinski definition) is 1. The van der Waals surface area contributed by atoms with Gasteiger partial charge in [-0.25, -0.2) is 13.9 Å². The molecule has 2 aromatic heterocycles. The summed E-state index contributed by atoms with van der Waals surface area (Å²) in [6.45, 7) is 0.533. The van der Waals surface area contributed by atoms with E-state index < -0.39 is 23.6 Å². The number of nitrogens with two attached hydrogens (primary N) is 1. The fraction of sp³-hybridized carbons (Fsp3) is 0.294. The fourth-order valence-electron chi connectivity index (χ4n) is 3.48.